The molecule has 0 aliphatic carbocycles. The van der Waals surface area contributed by atoms with Crippen molar-refractivity contribution < 1.29 is 9.53 Å². The lowest BCUT2D eigenvalue weighted by atomic mass is 9.87. The summed E-state index contributed by atoms with van der Waals surface area (Å²) >= 11 is 0. The number of ether oxygens (including phenoxy) is 1. The number of carbonyl (C=O) groups is 1. The number of amides is 1. The number of benzene rings is 1. The van der Waals surface area contributed by atoms with Crippen molar-refractivity contribution in [3.8, 4) is 5.75 Å². The molecule has 4 heteroatoms. The van der Waals surface area contributed by atoms with E-state index in [0.29, 0.717) is 13.1 Å². The van der Waals surface area contributed by atoms with Gasteiger partial charge < -0.3 is 9.64 Å². The number of hydrogen-bond acceptors (Lipinski definition) is 2. The van der Waals surface area contributed by atoms with Crippen LogP contribution in [0.15, 0.2) is 18.2 Å². The van der Waals surface area contributed by atoms with Crippen LogP contribution >= 0.6 is 0 Å². The van der Waals surface area contributed by atoms with Crippen molar-refractivity contribution in [3.05, 3.63) is 23.8 Å². The van der Waals surface area contributed by atoms with Crippen LogP contribution in [0.4, 0.5) is 4.79 Å². The zero-order valence-corrected chi connectivity index (χ0v) is 18.5. The van der Waals surface area contributed by atoms with Gasteiger partial charge in [0.2, 0.25) is 0 Å². The smallest absolute Gasteiger partial charge is 0.410 e. The molecule has 0 saturated carbocycles. The maximum Gasteiger partial charge on any atom is 0.415 e. The van der Waals surface area contributed by atoms with Crippen molar-refractivity contribution in [1.82, 2.24) is 4.90 Å². The molecule has 1 amide bonds. The second-order valence-corrected chi connectivity index (χ2v) is 13.1. The Kier molecular flexibility index (Phi) is 7.73. The van der Waals surface area contributed by atoms with Crippen LogP contribution in [0.2, 0.25) is 18.1 Å². The van der Waals surface area contributed by atoms with Crippen LogP contribution in [0.5, 0.6) is 5.75 Å². The highest BCUT2D eigenvalue weighted by molar-refractivity contribution is 6.92. The first-order valence-corrected chi connectivity index (χ1v) is 12.4. The lowest BCUT2D eigenvalue weighted by molar-refractivity contribution is 0.157. The molecule has 0 bridgehead atoms. The van der Waals surface area contributed by atoms with Gasteiger partial charge in [-0.3, -0.25) is 0 Å². The second-order valence-electron chi connectivity index (χ2n) is 7.84. The van der Waals surface area contributed by atoms with E-state index in [1.54, 1.807) is 4.90 Å². The Morgan fingerprint density at radius 2 is 1.52 bits per heavy atom. The molecule has 0 aromatic heterocycles. The van der Waals surface area contributed by atoms with E-state index in [-0.39, 0.29) is 11.5 Å². The molecule has 0 unspecified atom stereocenters. The van der Waals surface area contributed by atoms with E-state index >= 15 is 0 Å². The fourth-order valence-electron chi connectivity index (χ4n) is 3.46. The van der Waals surface area contributed by atoms with Crippen LogP contribution in [0, 0.1) is 0 Å². The van der Waals surface area contributed by atoms with Crippen molar-refractivity contribution in [1.29, 1.82) is 0 Å². The largest absolute Gasteiger partial charge is 0.415 e. The maximum atomic E-state index is 12.5. The molecule has 25 heavy (non-hydrogen) atoms. The van der Waals surface area contributed by atoms with E-state index in [0.717, 1.165) is 5.75 Å². The highest BCUT2D eigenvalue weighted by Gasteiger charge is 2.34. The van der Waals surface area contributed by atoms with Gasteiger partial charge in [-0.05, 0) is 36.1 Å². The summed E-state index contributed by atoms with van der Waals surface area (Å²) in [6.07, 6.45) is -0.235. The third kappa shape index (κ3) is 4.87. The van der Waals surface area contributed by atoms with E-state index in [9.17, 15) is 4.79 Å². The zero-order chi connectivity index (χ0) is 19.3. The summed E-state index contributed by atoms with van der Waals surface area (Å²) in [5, 5.41) is 1.31. The van der Waals surface area contributed by atoms with E-state index in [1.807, 2.05) is 19.9 Å². The molecule has 0 aliphatic rings. The summed E-state index contributed by atoms with van der Waals surface area (Å²) in [6, 6.07) is 9.98. The van der Waals surface area contributed by atoms with Crippen molar-refractivity contribution in [2.75, 3.05) is 13.1 Å². The fourth-order valence-corrected chi connectivity index (χ4v) is 7.22. The topological polar surface area (TPSA) is 29.5 Å². The summed E-state index contributed by atoms with van der Waals surface area (Å²) in [5.74, 6) is 0.780. The van der Waals surface area contributed by atoms with E-state index < -0.39 is 8.07 Å². The third-order valence-corrected chi connectivity index (χ3v) is 11.3. The maximum absolute atomic E-state index is 12.5. The van der Waals surface area contributed by atoms with Gasteiger partial charge in [-0.25, -0.2) is 4.79 Å². The number of nitrogens with zero attached hydrogens (tertiary/aromatic N) is 1. The average molecular weight is 364 g/mol. The Labute approximate surface area is 155 Å². The molecule has 0 saturated heterocycles. The zero-order valence-electron chi connectivity index (χ0n) is 17.5. The lowest BCUT2D eigenvalue weighted by Crippen LogP contribution is -2.47. The van der Waals surface area contributed by atoms with Crippen LogP contribution in [0.25, 0.3) is 0 Å². The monoisotopic (exact) mass is 363 g/mol. The Morgan fingerprint density at radius 3 is 1.92 bits per heavy atom. The van der Waals surface area contributed by atoms with Gasteiger partial charge in [-0.2, -0.15) is 0 Å². The highest BCUT2D eigenvalue weighted by Crippen LogP contribution is 2.29. The van der Waals surface area contributed by atoms with E-state index in [1.165, 1.54) is 28.9 Å². The van der Waals surface area contributed by atoms with Gasteiger partial charge in [0, 0.05) is 13.1 Å². The van der Waals surface area contributed by atoms with E-state index in [2.05, 4.69) is 53.7 Å². The quantitative estimate of drug-likeness (QED) is 0.595. The second kappa shape index (κ2) is 8.88. The van der Waals surface area contributed by atoms with Gasteiger partial charge in [0.25, 0.3) is 0 Å². The third-order valence-electron chi connectivity index (χ3n) is 5.67. The SMILES string of the molecule is CCN(CC)C(=O)Oc1ccc(C(C)(C)C)cc1[Si](CC)(CC)CC. The molecule has 0 aliphatic heterocycles. The molecule has 0 heterocycles. The molecule has 1 aromatic rings. The minimum atomic E-state index is -1.67. The fraction of sp³-hybridized carbons (Fsp3) is 0.667. The molecule has 1 rings (SSSR count). The van der Waals surface area contributed by atoms with Crippen LogP contribution in [-0.4, -0.2) is 32.2 Å². The Hall–Kier alpha value is -1.29. The van der Waals surface area contributed by atoms with Crippen LogP contribution in [0.1, 0.15) is 61.0 Å². The summed E-state index contributed by atoms with van der Waals surface area (Å²) in [4.78, 5) is 14.3. The van der Waals surface area contributed by atoms with Gasteiger partial charge >= 0.3 is 6.09 Å². The number of carbonyl (C=O) groups excluding carboxylic acids is 1. The van der Waals surface area contributed by atoms with Gasteiger partial charge in [0.05, 0.1) is 8.07 Å². The summed E-state index contributed by atoms with van der Waals surface area (Å²) in [6.45, 7) is 18.9. The molecule has 0 atom stereocenters. The van der Waals surface area contributed by atoms with Crippen LogP contribution in [-0.2, 0) is 5.41 Å². The summed E-state index contributed by atoms with van der Waals surface area (Å²) in [5.41, 5.74) is 1.41. The molecular formula is C21H37NO2Si. The predicted octanol–water partition coefficient (Wildman–Crippen LogP) is 5.54. The minimum absolute atomic E-state index is 0.0888. The van der Waals surface area contributed by atoms with E-state index in [4.69, 9.17) is 4.74 Å². The number of rotatable bonds is 7. The molecule has 0 fully saturated rings. The molecule has 1 aromatic carbocycles. The summed E-state index contributed by atoms with van der Waals surface area (Å²) in [7, 11) is -1.67. The average Bonchev–Trinajstić information content (AvgIpc) is 2.58. The van der Waals surface area contributed by atoms with Crippen molar-refractivity contribution in [2.45, 2.75) is 78.9 Å². The van der Waals surface area contributed by atoms with Crippen molar-refractivity contribution in [3.63, 3.8) is 0 Å². The van der Waals surface area contributed by atoms with Crippen molar-refractivity contribution >= 4 is 19.4 Å². The molecule has 0 N–H and O–H groups in total. The first kappa shape index (κ1) is 21.7. The molecule has 0 spiro atoms. The Bertz CT molecular complexity index is 561. The Balaban J connectivity index is 3.44. The Morgan fingerprint density at radius 1 is 1.00 bits per heavy atom. The normalized spacial score (nSPS) is 12.2. The van der Waals surface area contributed by atoms with Gasteiger partial charge in [0.1, 0.15) is 5.75 Å². The molecule has 3 nitrogen and oxygen atoms in total. The van der Waals surface area contributed by atoms with Crippen LogP contribution in [0.3, 0.4) is 0 Å². The summed E-state index contributed by atoms with van der Waals surface area (Å²) < 4.78 is 5.89. The standard InChI is InChI=1S/C21H37NO2Si/c1-9-22(10-2)20(23)24-18-15-14-17(21(6,7)8)16-19(18)25(11-3,12-4)13-5/h14-16H,9-13H2,1-8H3. The number of hydrogen-bond donors (Lipinski definition) is 0. The molecular weight excluding hydrogens is 326 g/mol. The predicted molar refractivity (Wildman–Crippen MR) is 111 cm³/mol. The highest BCUT2D eigenvalue weighted by atomic mass is 28.3. The minimum Gasteiger partial charge on any atom is -0.410 e. The lowest BCUT2D eigenvalue weighted by Gasteiger charge is -2.32. The molecule has 142 valence electrons. The van der Waals surface area contributed by atoms with Crippen LogP contribution < -0.4 is 9.92 Å². The van der Waals surface area contributed by atoms with Gasteiger partial charge in [-0.15, -0.1) is 0 Å². The van der Waals surface area contributed by atoms with Crippen molar-refractivity contribution in [2.24, 2.45) is 0 Å². The first-order valence-electron chi connectivity index (χ1n) is 9.80. The molecule has 0 radical (unpaired) electrons. The van der Waals surface area contributed by atoms with Gasteiger partial charge in [0.15, 0.2) is 0 Å². The van der Waals surface area contributed by atoms with Gasteiger partial charge in [-0.1, -0.05) is 71.8 Å². The first-order chi connectivity index (χ1) is 11.7.